The van der Waals surface area contributed by atoms with Gasteiger partial charge in [-0.2, -0.15) is 4.31 Å². The quantitative estimate of drug-likeness (QED) is 0.699. The van der Waals surface area contributed by atoms with Gasteiger partial charge in [0.2, 0.25) is 10.0 Å². The SMILES string of the molecule is CCN(CC)S(=O)(=O)c1ccc(C)c(C(=O)NCCN(C)c2ccccc2)c1. The standard InChI is InChI=1S/C21H29N3O3S/c1-5-24(6-2)28(26,27)19-13-12-17(3)20(16-19)21(25)22-14-15-23(4)18-10-8-7-9-11-18/h7-13,16H,5-6,14-15H2,1-4H3,(H,22,25). The number of carbonyl (C=O) groups excluding carboxylic acids is 1. The number of likely N-dealkylation sites (N-methyl/N-ethyl adjacent to an activating group) is 1. The lowest BCUT2D eigenvalue weighted by atomic mass is 10.1. The Hall–Kier alpha value is -2.38. The first-order valence-corrected chi connectivity index (χ1v) is 10.9. The maximum Gasteiger partial charge on any atom is 0.251 e. The van der Waals surface area contributed by atoms with Crippen LogP contribution in [0.15, 0.2) is 53.4 Å². The van der Waals surface area contributed by atoms with Crippen LogP contribution < -0.4 is 10.2 Å². The molecule has 152 valence electrons. The van der Waals surface area contributed by atoms with Crippen molar-refractivity contribution in [3.63, 3.8) is 0 Å². The van der Waals surface area contributed by atoms with Crippen molar-refractivity contribution in [3.05, 3.63) is 59.7 Å². The summed E-state index contributed by atoms with van der Waals surface area (Å²) in [4.78, 5) is 14.8. The van der Waals surface area contributed by atoms with E-state index in [1.54, 1.807) is 32.9 Å². The van der Waals surface area contributed by atoms with Gasteiger partial charge in [0.15, 0.2) is 0 Å². The van der Waals surface area contributed by atoms with Crippen molar-refractivity contribution in [1.29, 1.82) is 0 Å². The number of carbonyl (C=O) groups is 1. The number of hydrogen-bond donors (Lipinski definition) is 1. The van der Waals surface area contributed by atoms with Gasteiger partial charge in [0.05, 0.1) is 4.90 Å². The molecule has 0 unspecified atom stereocenters. The van der Waals surface area contributed by atoms with Gasteiger partial charge in [0.25, 0.3) is 5.91 Å². The zero-order valence-corrected chi connectivity index (χ0v) is 17.8. The van der Waals surface area contributed by atoms with Crippen molar-refractivity contribution in [3.8, 4) is 0 Å². The van der Waals surface area contributed by atoms with E-state index >= 15 is 0 Å². The molecule has 6 nitrogen and oxygen atoms in total. The van der Waals surface area contributed by atoms with Gasteiger partial charge >= 0.3 is 0 Å². The molecule has 0 aliphatic rings. The highest BCUT2D eigenvalue weighted by Gasteiger charge is 2.23. The third-order valence-corrected chi connectivity index (χ3v) is 6.77. The Morgan fingerprint density at radius 2 is 1.68 bits per heavy atom. The number of sulfonamides is 1. The predicted molar refractivity (Wildman–Crippen MR) is 113 cm³/mol. The second-order valence-electron chi connectivity index (χ2n) is 6.58. The van der Waals surface area contributed by atoms with Crippen LogP contribution in [0.2, 0.25) is 0 Å². The molecule has 0 saturated carbocycles. The third-order valence-electron chi connectivity index (χ3n) is 4.73. The average Bonchev–Trinajstić information content (AvgIpc) is 2.69. The summed E-state index contributed by atoms with van der Waals surface area (Å²) < 4.78 is 26.8. The third kappa shape index (κ3) is 5.11. The van der Waals surface area contributed by atoms with Gasteiger partial charge in [0.1, 0.15) is 0 Å². The Morgan fingerprint density at radius 1 is 1.04 bits per heavy atom. The van der Waals surface area contributed by atoms with Gasteiger partial charge in [-0.25, -0.2) is 8.42 Å². The molecule has 0 fully saturated rings. The van der Waals surface area contributed by atoms with Crippen LogP contribution in [0.3, 0.4) is 0 Å². The maximum absolute atomic E-state index is 12.7. The van der Waals surface area contributed by atoms with E-state index in [9.17, 15) is 13.2 Å². The molecular weight excluding hydrogens is 374 g/mol. The lowest BCUT2D eigenvalue weighted by Gasteiger charge is -2.20. The summed E-state index contributed by atoms with van der Waals surface area (Å²) in [5, 5.41) is 2.89. The zero-order chi connectivity index (χ0) is 20.7. The molecular formula is C21H29N3O3S. The number of rotatable bonds is 9. The second-order valence-corrected chi connectivity index (χ2v) is 8.52. The minimum absolute atomic E-state index is 0.147. The lowest BCUT2D eigenvalue weighted by Crippen LogP contribution is -2.34. The van der Waals surface area contributed by atoms with E-state index in [2.05, 4.69) is 5.32 Å². The van der Waals surface area contributed by atoms with E-state index in [1.165, 1.54) is 10.4 Å². The zero-order valence-electron chi connectivity index (χ0n) is 17.0. The van der Waals surface area contributed by atoms with Crippen molar-refractivity contribution in [2.24, 2.45) is 0 Å². The first kappa shape index (κ1) is 21.9. The molecule has 0 radical (unpaired) electrons. The van der Waals surface area contributed by atoms with E-state index < -0.39 is 10.0 Å². The molecule has 0 aliphatic carbocycles. The highest BCUT2D eigenvalue weighted by atomic mass is 32.2. The topological polar surface area (TPSA) is 69.7 Å². The fraction of sp³-hybridized carbons (Fsp3) is 0.381. The highest BCUT2D eigenvalue weighted by molar-refractivity contribution is 7.89. The van der Waals surface area contributed by atoms with Gasteiger partial charge in [-0.15, -0.1) is 0 Å². The number of hydrogen-bond acceptors (Lipinski definition) is 4. The van der Waals surface area contributed by atoms with E-state index in [4.69, 9.17) is 0 Å². The lowest BCUT2D eigenvalue weighted by molar-refractivity contribution is 0.0954. The van der Waals surface area contributed by atoms with Gasteiger partial charge in [-0.1, -0.05) is 38.1 Å². The van der Waals surface area contributed by atoms with Crippen LogP contribution >= 0.6 is 0 Å². The molecule has 1 amide bonds. The maximum atomic E-state index is 12.7. The van der Waals surface area contributed by atoms with Crippen LogP contribution in [0.1, 0.15) is 29.8 Å². The van der Waals surface area contributed by atoms with Crippen molar-refractivity contribution in [2.75, 3.05) is 38.1 Å². The molecule has 0 aromatic heterocycles. The smallest absolute Gasteiger partial charge is 0.251 e. The Bertz CT molecular complexity index is 894. The molecule has 2 aromatic rings. The normalized spacial score (nSPS) is 11.5. The monoisotopic (exact) mass is 403 g/mol. The molecule has 0 heterocycles. The van der Waals surface area contributed by atoms with Gasteiger partial charge in [-0.05, 0) is 36.8 Å². The first-order chi connectivity index (χ1) is 13.3. The minimum atomic E-state index is -3.60. The summed E-state index contributed by atoms with van der Waals surface area (Å²) in [7, 11) is -1.64. The second kappa shape index (κ2) is 9.71. The molecule has 28 heavy (non-hydrogen) atoms. The number of nitrogens with zero attached hydrogens (tertiary/aromatic N) is 2. The number of anilines is 1. The Labute approximate surface area is 168 Å². The molecule has 7 heteroatoms. The van der Waals surface area contributed by atoms with Crippen molar-refractivity contribution < 1.29 is 13.2 Å². The summed E-state index contributed by atoms with van der Waals surface area (Å²) in [6.45, 7) is 7.28. The summed E-state index contributed by atoms with van der Waals surface area (Å²) in [5.41, 5.74) is 2.20. The fourth-order valence-corrected chi connectivity index (χ4v) is 4.45. The number of nitrogens with one attached hydrogen (secondary N) is 1. The van der Waals surface area contributed by atoms with Crippen LogP contribution in [-0.4, -0.2) is 51.9 Å². The van der Waals surface area contributed by atoms with Crippen LogP contribution in [0, 0.1) is 6.92 Å². The molecule has 0 spiro atoms. The molecule has 0 saturated heterocycles. The number of benzene rings is 2. The van der Waals surface area contributed by atoms with Crippen molar-refractivity contribution in [1.82, 2.24) is 9.62 Å². The van der Waals surface area contributed by atoms with E-state index in [0.717, 1.165) is 11.3 Å². The summed E-state index contributed by atoms with van der Waals surface area (Å²) >= 11 is 0. The molecule has 1 N–H and O–H groups in total. The van der Waals surface area contributed by atoms with Crippen molar-refractivity contribution >= 4 is 21.6 Å². The van der Waals surface area contributed by atoms with Crippen LogP contribution in [0.25, 0.3) is 0 Å². The van der Waals surface area contributed by atoms with Crippen molar-refractivity contribution in [2.45, 2.75) is 25.7 Å². The van der Waals surface area contributed by atoms with E-state index in [0.29, 0.717) is 31.7 Å². The molecule has 2 aromatic carbocycles. The average molecular weight is 404 g/mol. The number of amides is 1. The first-order valence-electron chi connectivity index (χ1n) is 9.46. The fourth-order valence-electron chi connectivity index (χ4n) is 2.96. The van der Waals surface area contributed by atoms with Gasteiger partial charge in [0, 0.05) is 44.5 Å². The minimum Gasteiger partial charge on any atom is -0.373 e. The van der Waals surface area contributed by atoms with Gasteiger partial charge < -0.3 is 10.2 Å². The van der Waals surface area contributed by atoms with Gasteiger partial charge in [-0.3, -0.25) is 4.79 Å². The molecule has 0 atom stereocenters. The van der Waals surface area contributed by atoms with Crippen LogP contribution in [0.4, 0.5) is 5.69 Å². The number of aryl methyl sites for hydroxylation is 1. The molecule has 2 rings (SSSR count). The summed E-state index contributed by atoms with van der Waals surface area (Å²) in [6, 6.07) is 14.6. The van der Waals surface area contributed by atoms with Crippen LogP contribution in [-0.2, 0) is 10.0 Å². The Balaban J connectivity index is 2.09. The molecule has 0 aliphatic heterocycles. The Kier molecular flexibility index (Phi) is 7.60. The highest BCUT2D eigenvalue weighted by Crippen LogP contribution is 2.19. The number of para-hydroxylation sites is 1. The molecule has 0 bridgehead atoms. The van der Waals surface area contributed by atoms with Crippen LogP contribution in [0.5, 0.6) is 0 Å². The van der Waals surface area contributed by atoms with E-state index in [1.807, 2.05) is 42.3 Å². The summed E-state index contributed by atoms with van der Waals surface area (Å²) in [6.07, 6.45) is 0. The largest absolute Gasteiger partial charge is 0.373 e. The van der Waals surface area contributed by atoms with E-state index in [-0.39, 0.29) is 10.8 Å². The Morgan fingerprint density at radius 3 is 2.29 bits per heavy atom. The predicted octanol–water partition coefficient (Wildman–Crippen LogP) is 2.89. The summed E-state index contributed by atoms with van der Waals surface area (Å²) in [5.74, 6) is -0.268.